The smallest absolute Gasteiger partial charge is 0.255 e. The van der Waals surface area contributed by atoms with Crippen molar-refractivity contribution >= 4 is 28.8 Å². The molecule has 5 atom stereocenters. The molecule has 7 N–H and O–H groups in total. The molecule has 4 rings (SSSR count). The zero-order chi connectivity index (χ0) is 23.9. The summed E-state index contributed by atoms with van der Waals surface area (Å²) in [4.78, 5) is 39.8. The lowest BCUT2D eigenvalue weighted by atomic mass is 9.55. The third-order valence-corrected chi connectivity index (χ3v) is 6.61. The predicted octanol–water partition coefficient (Wildman–Crippen LogP) is -3.59. The molecule has 176 valence electrons. The summed E-state index contributed by atoms with van der Waals surface area (Å²) in [5.74, 6) is -8.78. The summed E-state index contributed by atoms with van der Waals surface area (Å²) in [5, 5.41) is 54.7. The van der Waals surface area contributed by atoms with Gasteiger partial charge in [0.1, 0.15) is 22.8 Å². The van der Waals surface area contributed by atoms with Gasteiger partial charge in [-0.05, 0) is 31.3 Å². The van der Waals surface area contributed by atoms with Crippen molar-refractivity contribution in [3.05, 3.63) is 52.8 Å². The number of halogens is 1. The highest BCUT2D eigenvalue weighted by Crippen LogP contribution is 2.55. The number of benzene rings is 1. The maximum Gasteiger partial charge on any atom is 0.255 e. The molecule has 0 unspecified atom stereocenters. The van der Waals surface area contributed by atoms with Crippen molar-refractivity contribution in [1.29, 1.82) is 0 Å². The Balaban J connectivity index is 0.00000306. The minimum absolute atomic E-state index is 0. The number of hydrogen-bond acceptors (Lipinski definition) is 9. The number of likely N-dealkylation sites (N-methyl/N-ethyl adjacent to an activating group) is 1. The molecule has 0 heterocycles. The molecule has 1 aromatic rings. The van der Waals surface area contributed by atoms with Crippen molar-refractivity contribution in [3.63, 3.8) is 0 Å². The molecule has 1 aromatic carbocycles. The molecular formula is C22H22ClN2O8-. The van der Waals surface area contributed by atoms with E-state index in [0.717, 1.165) is 0 Å². The van der Waals surface area contributed by atoms with Crippen molar-refractivity contribution in [2.24, 2.45) is 17.6 Å². The zero-order valence-electron chi connectivity index (χ0n) is 17.6. The molecule has 0 spiro atoms. The number of rotatable bonds is 2. The maximum atomic E-state index is 13.6. The van der Waals surface area contributed by atoms with E-state index in [0.29, 0.717) is 0 Å². The SMILES string of the molecule is C=C1c2cccc(O)c2C(O)=C2C(=O)[C@]3(O)C(O)=C(C(N)=O)C(=O)[C@@H](N(C)C)[C@@H]3[C@@H](O)[C@H]12.[Cl-]. The molecule has 1 fully saturated rings. The minimum Gasteiger partial charge on any atom is -1.00 e. The number of phenols is 1. The van der Waals surface area contributed by atoms with E-state index in [2.05, 4.69) is 6.58 Å². The third-order valence-electron chi connectivity index (χ3n) is 6.61. The Morgan fingerprint density at radius 3 is 2.33 bits per heavy atom. The topological polar surface area (TPSA) is 182 Å². The molecule has 11 heteroatoms. The van der Waals surface area contributed by atoms with Gasteiger partial charge >= 0.3 is 0 Å². The van der Waals surface area contributed by atoms with Gasteiger partial charge in [0.15, 0.2) is 11.4 Å². The zero-order valence-corrected chi connectivity index (χ0v) is 18.4. The number of carbonyl (C=O) groups is 3. The Labute approximate surface area is 194 Å². The van der Waals surface area contributed by atoms with Crippen LogP contribution in [-0.2, 0) is 14.4 Å². The van der Waals surface area contributed by atoms with Gasteiger partial charge in [-0.25, -0.2) is 0 Å². The first-order chi connectivity index (χ1) is 14.9. The number of aromatic hydroxyl groups is 1. The summed E-state index contributed by atoms with van der Waals surface area (Å²) in [5.41, 5.74) is 1.16. The van der Waals surface area contributed by atoms with Crippen molar-refractivity contribution in [2.75, 3.05) is 14.1 Å². The van der Waals surface area contributed by atoms with Gasteiger partial charge in [-0.1, -0.05) is 18.7 Å². The second kappa shape index (κ2) is 7.70. The number of amides is 1. The molecule has 3 aliphatic carbocycles. The van der Waals surface area contributed by atoms with Gasteiger partial charge < -0.3 is 43.7 Å². The van der Waals surface area contributed by atoms with E-state index in [4.69, 9.17) is 5.73 Å². The molecule has 10 nitrogen and oxygen atoms in total. The Kier molecular flexibility index (Phi) is 5.71. The van der Waals surface area contributed by atoms with Gasteiger partial charge in [0.25, 0.3) is 5.91 Å². The normalized spacial score (nSPS) is 31.1. The quantitative estimate of drug-likeness (QED) is 0.234. The lowest BCUT2D eigenvalue weighted by Crippen LogP contribution is -3.00. The van der Waals surface area contributed by atoms with E-state index in [9.17, 15) is 39.9 Å². The number of primary amides is 1. The number of nitrogens with two attached hydrogens (primary N) is 1. The Morgan fingerprint density at radius 2 is 1.79 bits per heavy atom. The number of aliphatic hydroxyl groups is 4. The molecule has 1 saturated carbocycles. The number of hydrogen-bond donors (Lipinski definition) is 6. The third kappa shape index (κ3) is 2.88. The summed E-state index contributed by atoms with van der Waals surface area (Å²) in [6.45, 7) is 3.91. The second-order valence-electron chi connectivity index (χ2n) is 8.44. The highest BCUT2D eigenvalue weighted by atomic mass is 35.5. The average Bonchev–Trinajstić information content (AvgIpc) is 2.70. The van der Waals surface area contributed by atoms with Crippen LogP contribution in [0.4, 0.5) is 0 Å². The molecule has 0 aliphatic heterocycles. The van der Waals surface area contributed by atoms with E-state index in [-0.39, 0.29) is 34.9 Å². The van der Waals surface area contributed by atoms with Crippen LogP contribution >= 0.6 is 0 Å². The standard InChI is InChI=1S/C22H22N2O8.ClH/c1-7-8-5-4-6-9(25)11(8)16(26)12-10(7)17(27)14-15(24(2)3)18(28)13(21(23)31)20(30)22(14,32)19(12)29;/h4-6,10,14-15,17,25-27,30,32H,1H2,2-3H3,(H2,23,31);1H/p-1/t10-,14-,15+,17+,22+;/m1./s1. The lowest BCUT2D eigenvalue weighted by molar-refractivity contribution is -0.166. The summed E-state index contributed by atoms with van der Waals surface area (Å²) in [7, 11) is 2.88. The largest absolute Gasteiger partial charge is 1.00 e. The first-order valence-electron chi connectivity index (χ1n) is 9.71. The molecule has 0 saturated heterocycles. The van der Waals surface area contributed by atoms with Crippen LogP contribution < -0.4 is 18.1 Å². The van der Waals surface area contributed by atoms with Crippen LogP contribution in [0.5, 0.6) is 5.75 Å². The Bertz CT molecular complexity index is 1190. The average molecular weight is 478 g/mol. The monoisotopic (exact) mass is 477 g/mol. The highest BCUT2D eigenvalue weighted by Gasteiger charge is 2.68. The van der Waals surface area contributed by atoms with Crippen LogP contribution in [0.25, 0.3) is 11.3 Å². The maximum absolute atomic E-state index is 13.6. The predicted molar refractivity (Wildman–Crippen MR) is 111 cm³/mol. The van der Waals surface area contributed by atoms with E-state index in [1.54, 1.807) is 0 Å². The number of phenolic OH excluding ortho intramolecular Hbond substituents is 1. The van der Waals surface area contributed by atoms with Crippen LogP contribution in [0.2, 0.25) is 0 Å². The van der Waals surface area contributed by atoms with Gasteiger partial charge in [-0.2, -0.15) is 0 Å². The first-order valence-corrected chi connectivity index (χ1v) is 9.71. The van der Waals surface area contributed by atoms with Crippen molar-refractivity contribution in [3.8, 4) is 5.75 Å². The van der Waals surface area contributed by atoms with Gasteiger partial charge in [0.2, 0.25) is 5.78 Å². The first kappa shape index (κ1) is 24.5. The molecule has 3 aliphatic rings. The number of ketones is 2. The Hall–Kier alpha value is -3.18. The molecule has 0 aromatic heterocycles. The van der Waals surface area contributed by atoms with E-state index in [1.165, 1.54) is 37.2 Å². The number of nitrogens with zero attached hydrogens (tertiary/aromatic N) is 1. The fraction of sp³-hybridized carbons (Fsp3) is 0.318. The fourth-order valence-electron chi connectivity index (χ4n) is 5.21. The summed E-state index contributed by atoms with van der Waals surface area (Å²) < 4.78 is 0. The van der Waals surface area contributed by atoms with Crippen LogP contribution in [0.1, 0.15) is 11.1 Å². The second-order valence-corrected chi connectivity index (χ2v) is 8.44. The summed E-state index contributed by atoms with van der Waals surface area (Å²) in [6, 6.07) is 2.89. The van der Waals surface area contributed by atoms with Gasteiger partial charge in [0.05, 0.1) is 29.2 Å². The number of aliphatic hydroxyl groups excluding tert-OH is 3. The van der Waals surface area contributed by atoms with Crippen LogP contribution in [0.3, 0.4) is 0 Å². The highest BCUT2D eigenvalue weighted by molar-refractivity contribution is 6.25. The van der Waals surface area contributed by atoms with Crippen LogP contribution in [0, 0.1) is 11.8 Å². The van der Waals surface area contributed by atoms with Crippen LogP contribution in [-0.4, -0.2) is 79.7 Å². The summed E-state index contributed by atoms with van der Waals surface area (Å²) >= 11 is 0. The fourth-order valence-corrected chi connectivity index (χ4v) is 5.21. The van der Waals surface area contributed by atoms with Gasteiger partial charge in [-0.3, -0.25) is 19.3 Å². The molecule has 0 bridgehead atoms. The van der Waals surface area contributed by atoms with Crippen LogP contribution in [0.15, 0.2) is 41.7 Å². The summed E-state index contributed by atoms with van der Waals surface area (Å²) in [6.07, 6.45) is -1.69. The molecule has 0 radical (unpaired) electrons. The van der Waals surface area contributed by atoms with E-state index < -0.39 is 69.7 Å². The number of carbonyl (C=O) groups excluding carboxylic acids is 3. The number of Topliss-reactive ketones (excluding diaryl/α,β-unsaturated/α-hetero) is 2. The number of fused-ring (bicyclic) bond motifs is 3. The van der Waals surface area contributed by atoms with Gasteiger partial charge in [0, 0.05) is 5.92 Å². The molecule has 1 amide bonds. The van der Waals surface area contributed by atoms with Crippen molar-refractivity contribution < 1.29 is 52.3 Å². The molecule has 33 heavy (non-hydrogen) atoms. The van der Waals surface area contributed by atoms with E-state index >= 15 is 0 Å². The van der Waals surface area contributed by atoms with E-state index in [1.807, 2.05) is 0 Å². The Morgan fingerprint density at radius 1 is 1.18 bits per heavy atom. The lowest BCUT2D eigenvalue weighted by Gasteiger charge is -2.52. The van der Waals surface area contributed by atoms with Gasteiger partial charge in [-0.15, -0.1) is 0 Å². The molecular weight excluding hydrogens is 456 g/mol. The van der Waals surface area contributed by atoms with Crippen molar-refractivity contribution in [2.45, 2.75) is 17.7 Å². The van der Waals surface area contributed by atoms with Crippen molar-refractivity contribution in [1.82, 2.24) is 4.90 Å². The minimum atomic E-state index is -2.94.